The van der Waals surface area contributed by atoms with E-state index in [1.165, 1.54) is 88.7 Å². The third-order valence-electron chi connectivity index (χ3n) is 20.6. The van der Waals surface area contributed by atoms with Crippen molar-refractivity contribution in [3.8, 4) is 69.0 Å². The number of halogens is 4. The van der Waals surface area contributed by atoms with Crippen molar-refractivity contribution in [2.75, 3.05) is 42.7 Å². The van der Waals surface area contributed by atoms with Crippen LogP contribution in [0.2, 0.25) is 5.02 Å². The van der Waals surface area contributed by atoms with Crippen molar-refractivity contribution in [3.63, 3.8) is 0 Å². The van der Waals surface area contributed by atoms with E-state index in [0.29, 0.717) is 64.9 Å². The van der Waals surface area contributed by atoms with Gasteiger partial charge < -0.3 is 85.3 Å². The molecule has 12 rings (SSSR count). The number of rotatable bonds is 30. The zero-order chi connectivity index (χ0) is 100. The van der Waals surface area contributed by atoms with E-state index in [4.69, 9.17) is 68.4 Å². The van der Waals surface area contributed by atoms with Gasteiger partial charge in [-0.1, -0.05) is 230 Å². The van der Waals surface area contributed by atoms with Crippen molar-refractivity contribution in [1.29, 1.82) is 0 Å². The molecule has 12 aromatic rings. The molecule has 0 radical (unpaired) electrons. The summed E-state index contributed by atoms with van der Waals surface area (Å²) in [4.78, 5) is 67.9. The largest absolute Gasteiger partial charge is 0.513 e. The Morgan fingerprint density at radius 2 is 0.526 bits per heavy atom. The SMILES string of the molecule is CCc1cc(C)ccc1OCc1c(Br)cccc1OC(=O)OC.CCc1cc(C)ccc1OCc1c(C)cccc1OC(=O)OC.CCc1cc(C)ccc1OCc1c(Cl)cccc1OC(=O)OC.CCc1cc(C)ccc1OCc1c(F)cccc1OC(=O)OC.CCc1cc(C)ccc1OCc1c(I)cccc1OC(=O)OC.CCc1cc(C)ccc1OCc1ccccc1OC(=O)OC. The molecule has 0 saturated carbocycles. The van der Waals surface area contributed by atoms with Crippen LogP contribution in [0.1, 0.15) is 147 Å². The second-order valence-electron chi connectivity index (χ2n) is 30.4. The lowest BCUT2D eigenvalue weighted by molar-refractivity contribution is 0.119. The molecule has 0 N–H and O–H groups in total. The fourth-order valence-electron chi connectivity index (χ4n) is 13.2. The lowest BCUT2D eigenvalue weighted by atomic mass is 10.1. The lowest BCUT2D eigenvalue weighted by Gasteiger charge is -2.15. The summed E-state index contributed by atoms with van der Waals surface area (Å²) in [6, 6.07) is 69.2. The average molecular weight is 2070 g/mol. The highest BCUT2D eigenvalue weighted by atomic mass is 127. The standard InChI is InChI=1S/C19H22O4.C18H19BrO4.C18H19ClO4.C18H19FO4.C18H19IO4.C18H20O4/c1-5-15-11-13(2)9-10-17(15)22-12-16-14(3)7-6-8-18(16)23-19(20)21-4;4*1-4-13-10-12(2)8-9-16(13)22-11-14-15(19)6-5-7-17(14)23-18(20)21-3;1-4-14-11-13(2)9-10-16(14)21-12-15-7-5-6-8-17(15)22-18(19)20-3/h6-11H,5,12H2,1-4H3;4*5-10H,4,11H2,1-3H3;5-11H,4,12H2,1-3H3. The zero-order valence-electron chi connectivity index (χ0n) is 80.7. The third kappa shape index (κ3) is 35.6. The Bertz CT molecular complexity index is 5300. The first-order valence-corrected chi connectivity index (χ1v) is 46.3. The number of benzene rings is 12. The number of carbonyl (C=O) groups excluding carboxylic acids is 6. The molecule has 0 aromatic heterocycles. The van der Waals surface area contributed by atoms with E-state index in [1.807, 2.05) is 149 Å². The number of methoxy groups -OCH3 is 6. The van der Waals surface area contributed by atoms with Crippen LogP contribution in [0.4, 0.5) is 33.2 Å². The van der Waals surface area contributed by atoms with E-state index in [9.17, 15) is 33.2 Å². The number of aryl methyl sites for hydroxylation is 13. The molecule has 28 heteroatoms. The maximum atomic E-state index is 14.0. The molecule has 137 heavy (non-hydrogen) atoms. The topological polar surface area (TPSA) is 269 Å². The molecule has 0 fully saturated rings. The number of hydrogen-bond donors (Lipinski definition) is 0. The van der Waals surface area contributed by atoms with Crippen molar-refractivity contribution in [2.45, 2.75) is 168 Å². The van der Waals surface area contributed by atoms with Crippen LogP contribution < -0.4 is 56.8 Å². The number of hydrogen-bond acceptors (Lipinski definition) is 24. The molecule has 24 nitrogen and oxygen atoms in total. The Hall–Kier alpha value is -13.5. The molecule has 12 aromatic carbocycles. The summed E-state index contributed by atoms with van der Waals surface area (Å²) in [5.74, 6) is 6.54. The van der Waals surface area contributed by atoms with E-state index in [1.54, 1.807) is 54.6 Å². The van der Waals surface area contributed by atoms with Gasteiger partial charge in [0.25, 0.3) is 0 Å². The van der Waals surface area contributed by atoms with Crippen molar-refractivity contribution >= 4 is 87.1 Å². The molecule has 0 unspecified atom stereocenters. The zero-order valence-corrected chi connectivity index (χ0v) is 85.2. The molecular formula is C109H118BrClFIO24. The van der Waals surface area contributed by atoms with Crippen LogP contribution in [-0.4, -0.2) is 79.6 Å². The van der Waals surface area contributed by atoms with Crippen LogP contribution in [-0.2, 0) is 107 Å². The predicted molar refractivity (Wildman–Crippen MR) is 536 cm³/mol. The monoisotopic (exact) mass is 2070 g/mol. The van der Waals surface area contributed by atoms with Crippen LogP contribution in [0.3, 0.4) is 0 Å². The third-order valence-corrected chi connectivity index (χ3v) is 22.7. The molecule has 0 saturated heterocycles. The van der Waals surface area contributed by atoms with Gasteiger partial charge in [0.1, 0.15) is 114 Å². The average Bonchev–Trinajstić information content (AvgIpc) is 0.841. The minimum atomic E-state index is -0.901. The van der Waals surface area contributed by atoms with Crippen LogP contribution in [0.15, 0.2) is 229 Å². The summed E-state index contributed by atoms with van der Waals surface area (Å²) >= 11 is 11.9. The highest BCUT2D eigenvalue weighted by Gasteiger charge is 2.22. The molecular weight excluding hydrogens is 1950 g/mol. The van der Waals surface area contributed by atoms with Gasteiger partial charge in [-0.25, -0.2) is 33.2 Å². The Kier molecular flexibility index (Phi) is 46.8. The molecule has 0 atom stereocenters. The first-order valence-electron chi connectivity index (χ1n) is 44.0. The Morgan fingerprint density at radius 3 is 0.883 bits per heavy atom. The summed E-state index contributed by atoms with van der Waals surface area (Å²) in [5, 5.41) is 0.469. The van der Waals surface area contributed by atoms with Gasteiger partial charge in [0.2, 0.25) is 0 Å². The minimum Gasteiger partial charge on any atom is -0.488 e. The lowest BCUT2D eigenvalue weighted by Crippen LogP contribution is -2.11. The van der Waals surface area contributed by atoms with Gasteiger partial charge in [-0.15, -0.1) is 0 Å². The molecule has 0 heterocycles. The van der Waals surface area contributed by atoms with E-state index in [0.717, 1.165) is 142 Å². The van der Waals surface area contributed by atoms with E-state index >= 15 is 0 Å². The van der Waals surface area contributed by atoms with Crippen LogP contribution >= 0.6 is 50.1 Å². The predicted octanol–water partition coefficient (Wildman–Crippen LogP) is 28.2. The highest BCUT2D eigenvalue weighted by molar-refractivity contribution is 14.1. The van der Waals surface area contributed by atoms with Crippen LogP contribution in [0, 0.1) is 57.9 Å². The van der Waals surface area contributed by atoms with Gasteiger partial charge in [0, 0.05) is 30.3 Å². The number of ether oxygens (including phenoxy) is 18. The fourth-order valence-corrected chi connectivity index (χ4v) is 14.5. The minimum absolute atomic E-state index is 0.0466. The first kappa shape index (κ1) is 110. The van der Waals surface area contributed by atoms with Crippen molar-refractivity contribution < 1.29 is 118 Å². The Morgan fingerprint density at radius 1 is 0.270 bits per heavy atom. The Labute approximate surface area is 828 Å². The molecule has 0 aliphatic carbocycles. The summed E-state index contributed by atoms with van der Waals surface area (Å²) in [5.41, 5.74) is 18.9. The number of para-hydroxylation sites is 1. The summed E-state index contributed by atoms with van der Waals surface area (Å²) < 4.78 is 109. The van der Waals surface area contributed by atoms with Gasteiger partial charge in [0.05, 0.1) is 58.8 Å². The van der Waals surface area contributed by atoms with Gasteiger partial charge in [-0.05, 0) is 246 Å². The van der Waals surface area contributed by atoms with Crippen molar-refractivity contribution in [1.82, 2.24) is 0 Å². The molecule has 0 aliphatic rings. The highest BCUT2D eigenvalue weighted by Crippen LogP contribution is 2.36. The summed E-state index contributed by atoms with van der Waals surface area (Å²) in [6.45, 7) is 28.1. The van der Waals surface area contributed by atoms with Crippen LogP contribution in [0.25, 0.3) is 0 Å². The van der Waals surface area contributed by atoms with E-state index in [2.05, 4.69) is 160 Å². The van der Waals surface area contributed by atoms with Gasteiger partial charge in [0.15, 0.2) is 0 Å². The smallest absolute Gasteiger partial charge is 0.488 e. The molecule has 0 aliphatic heterocycles. The quantitative estimate of drug-likeness (QED) is 0.0175. The maximum absolute atomic E-state index is 14.0. The molecule has 0 amide bonds. The summed E-state index contributed by atoms with van der Waals surface area (Å²) in [6.07, 6.45) is 0.593. The maximum Gasteiger partial charge on any atom is 0.513 e. The van der Waals surface area contributed by atoms with Gasteiger partial charge in [-0.2, -0.15) is 0 Å². The summed E-state index contributed by atoms with van der Waals surface area (Å²) in [7, 11) is 7.57. The van der Waals surface area contributed by atoms with E-state index < -0.39 is 42.7 Å². The molecule has 0 spiro atoms. The van der Waals surface area contributed by atoms with E-state index in [-0.39, 0.29) is 31.1 Å². The molecule has 726 valence electrons. The second-order valence-corrected chi connectivity index (χ2v) is 32.8. The Balaban J connectivity index is 0.000000224. The normalized spacial score (nSPS) is 10.2. The van der Waals surface area contributed by atoms with Gasteiger partial charge >= 0.3 is 36.9 Å². The number of carbonyl (C=O) groups is 6. The van der Waals surface area contributed by atoms with Gasteiger partial charge in [-0.3, -0.25) is 0 Å². The van der Waals surface area contributed by atoms with Crippen molar-refractivity contribution in [3.05, 3.63) is 349 Å². The van der Waals surface area contributed by atoms with Crippen LogP contribution in [0.5, 0.6) is 69.0 Å². The fraction of sp³-hybridized carbons (Fsp3) is 0.284. The second kappa shape index (κ2) is 58.0. The molecule has 0 bridgehead atoms. The van der Waals surface area contributed by atoms with Crippen molar-refractivity contribution in [2.24, 2.45) is 0 Å². The first-order chi connectivity index (χ1) is 65.9.